The number of para-hydroxylation sites is 1. The Morgan fingerprint density at radius 2 is 1.71 bits per heavy atom. The molecule has 0 unspecified atom stereocenters. The van der Waals surface area contributed by atoms with Crippen molar-refractivity contribution < 1.29 is 9.90 Å². The van der Waals surface area contributed by atoms with Gasteiger partial charge in [0, 0.05) is 0 Å². The number of aromatic nitrogens is 2. The summed E-state index contributed by atoms with van der Waals surface area (Å²) in [6.45, 7) is 1.71. The zero-order valence-electron chi connectivity index (χ0n) is 12.8. The summed E-state index contributed by atoms with van der Waals surface area (Å²) >= 11 is 0. The molecule has 0 bridgehead atoms. The molecule has 24 heavy (non-hydrogen) atoms. The van der Waals surface area contributed by atoms with Crippen molar-refractivity contribution in [1.29, 1.82) is 0 Å². The minimum absolute atomic E-state index is 0.0258. The predicted molar refractivity (Wildman–Crippen MR) is 88.7 cm³/mol. The molecule has 0 saturated carbocycles. The molecule has 0 aliphatic carbocycles. The molecule has 120 valence electrons. The fourth-order valence-electron chi connectivity index (χ4n) is 2.26. The topological polar surface area (TPSA) is 99.8 Å². The first-order chi connectivity index (χ1) is 11.6. The quantitative estimate of drug-likeness (QED) is 0.718. The lowest BCUT2D eigenvalue weighted by atomic mass is 10.2. The van der Waals surface area contributed by atoms with Gasteiger partial charge in [-0.15, -0.1) is 10.2 Å². The van der Waals surface area contributed by atoms with Gasteiger partial charge in [-0.1, -0.05) is 30.3 Å². The number of nitrogens with zero attached hydrogens (tertiary/aromatic N) is 3. The van der Waals surface area contributed by atoms with Crippen molar-refractivity contribution in [2.45, 2.75) is 6.92 Å². The Balaban J connectivity index is 2.02. The van der Waals surface area contributed by atoms with Gasteiger partial charge < -0.3 is 5.11 Å². The minimum atomic E-state index is -1.10. The molecule has 3 rings (SSSR count). The van der Waals surface area contributed by atoms with E-state index in [1.54, 1.807) is 31.2 Å². The van der Waals surface area contributed by atoms with Gasteiger partial charge in [0.05, 0.1) is 16.9 Å². The molecular weight excluding hydrogens is 308 g/mol. The number of H-pyrrole nitrogens is 1. The summed E-state index contributed by atoms with van der Waals surface area (Å²) in [5.41, 5.74) is 1.22. The monoisotopic (exact) mass is 322 g/mol. The minimum Gasteiger partial charge on any atom is -0.478 e. The van der Waals surface area contributed by atoms with Crippen LogP contribution in [-0.2, 0) is 0 Å². The largest absolute Gasteiger partial charge is 0.478 e. The number of aromatic amines is 1. The van der Waals surface area contributed by atoms with E-state index in [4.69, 9.17) is 5.11 Å². The van der Waals surface area contributed by atoms with Gasteiger partial charge in [0.15, 0.2) is 5.69 Å². The second-order valence-corrected chi connectivity index (χ2v) is 5.08. The van der Waals surface area contributed by atoms with E-state index in [9.17, 15) is 9.59 Å². The van der Waals surface area contributed by atoms with Crippen LogP contribution in [0.2, 0.25) is 0 Å². The maximum Gasteiger partial charge on any atom is 0.337 e. The van der Waals surface area contributed by atoms with E-state index in [1.807, 2.05) is 18.2 Å². The lowest BCUT2D eigenvalue weighted by Crippen LogP contribution is -2.13. The average Bonchev–Trinajstić information content (AvgIpc) is 2.88. The van der Waals surface area contributed by atoms with Crippen LogP contribution >= 0.6 is 0 Å². The SMILES string of the molecule is Cc1[nH]n(-c2ccccc2)c(=O)c1N=Nc1ccccc1C(=O)O. The highest BCUT2D eigenvalue weighted by Crippen LogP contribution is 2.22. The molecule has 1 aromatic heterocycles. The normalized spacial score (nSPS) is 11.0. The molecule has 1 heterocycles. The predicted octanol–water partition coefficient (Wildman–Crippen LogP) is 3.59. The molecule has 0 atom stereocenters. The summed E-state index contributed by atoms with van der Waals surface area (Å²) in [6.07, 6.45) is 0. The van der Waals surface area contributed by atoms with Crippen LogP contribution in [0.3, 0.4) is 0 Å². The highest BCUT2D eigenvalue weighted by Gasteiger charge is 2.13. The van der Waals surface area contributed by atoms with Gasteiger partial charge in [-0.2, -0.15) is 0 Å². The summed E-state index contributed by atoms with van der Waals surface area (Å²) in [5, 5.41) is 20.0. The number of rotatable bonds is 4. The Morgan fingerprint density at radius 1 is 1.04 bits per heavy atom. The first-order valence-corrected chi connectivity index (χ1v) is 7.19. The van der Waals surface area contributed by atoms with Gasteiger partial charge in [0.25, 0.3) is 5.56 Å². The third kappa shape index (κ3) is 2.87. The number of aryl methyl sites for hydroxylation is 1. The fourth-order valence-corrected chi connectivity index (χ4v) is 2.26. The second kappa shape index (κ2) is 6.33. The molecule has 7 heteroatoms. The van der Waals surface area contributed by atoms with Crippen molar-refractivity contribution in [2.24, 2.45) is 10.2 Å². The van der Waals surface area contributed by atoms with Crippen molar-refractivity contribution in [1.82, 2.24) is 9.78 Å². The molecule has 0 aliphatic rings. The van der Waals surface area contributed by atoms with Crippen molar-refractivity contribution in [3.63, 3.8) is 0 Å². The van der Waals surface area contributed by atoms with Crippen molar-refractivity contribution in [2.75, 3.05) is 0 Å². The number of aromatic carboxylic acids is 1. The van der Waals surface area contributed by atoms with Crippen LogP contribution in [0.5, 0.6) is 0 Å². The van der Waals surface area contributed by atoms with E-state index in [2.05, 4.69) is 15.3 Å². The molecule has 0 saturated heterocycles. The fraction of sp³-hybridized carbons (Fsp3) is 0.0588. The second-order valence-electron chi connectivity index (χ2n) is 5.08. The van der Waals surface area contributed by atoms with Gasteiger partial charge >= 0.3 is 5.97 Å². The Bertz CT molecular complexity index is 971. The average molecular weight is 322 g/mol. The summed E-state index contributed by atoms with van der Waals surface area (Å²) < 4.78 is 1.37. The lowest BCUT2D eigenvalue weighted by Gasteiger charge is -1.99. The third-order valence-electron chi connectivity index (χ3n) is 3.45. The van der Waals surface area contributed by atoms with Crippen LogP contribution in [0.15, 0.2) is 69.6 Å². The molecule has 0 amide bonds. The van der Waals surface area contributed by atoms with Crippen LogP contribution < -0.4 is 5.56 Å². The van der Waals surface area contributed by atoms with Gasteiger partial charge in [-0.05, 0) is 31.2 Å². The van der Waals surface area contributed by atoms with E-state index in [0.717, 1.165) is 0 Å². The molecular formula is C17H14N4O3. The van der Waals surface area contributed by atoms with Gasteiger partial charge in [-0.3, -0.25) is 9.89 Å². The van der Waals surface area contributed by atoms with E-state index in [0.29, 0.717) is 11.4 Å². The van der Waals surface area contributed by atoms with Crippen molar-refractivity contribution in [3.05, 3.63) is 76.2 Å². The summed E-state index contributed by atoms with van der Waals surface area (Å²) in [4.78, 5) is 23.7. The first-order valence-electron chi connectivity index (χ1n) is 7.19. The van der Waals surface area contributed by atoms with Gasteiger partial charge in [0.2, 0.25) is 0 Å². The number of carboxylic acids is 1. The van der Waals surface area contributed by atoms with E-state index in [1.165, 1.54) is 16.8 Å². The molecule has 0 fully saturated rings. The maximum absolute atomic E-state index is 12.5. The Kier molecular flexibility index (Phi) is 4.07. The van der Waals surface area contributed by atoms with Crippen molar-refractivity contribution >= 4 is 17.3 Å². The number of hydrogen-bond donors (Lipinski definition) is 2. The zero-order chi connectivity index (χ0) is 17.1. The first kappa shape index (κ1) is 15.4. The van der Waals surface area contributed by atoms with Gasteiger partial charge in [0.1, 0.15) is 5.69 Å². The van der Waals surface area contributed by atoms with E-state index >= 15 is 0 Å². The van der Waals surface area contributed by atoms with Crippen molar-refractivity contribution in [3.8, 4) is 5.69 Å². The zero-order valence-corrected chi connectivity index (χ0v) is 12.8. The highest BCUT2D eigenvalue weighted by atomic mass is 16.4. The van der Waals surface area contributed by atoms with Crippen LogP contribution in [0.1, 0.15) is 16.1 Å². The molecule has 3 aromatic rings. The highest BCUT2D eigenvalue weighted by molar-refractivity contribution is 5.93. The Labute approximate surface area is 136 Å². The summed E-state index contributed by atoms with van der Waals surface area (Å²) in [5.74, 6) is -1.10. The standard InChI is InChI=1S/C17H14N4O3/c1-11-15(16(22)21(20-11)12-7-3-2-4-8-12)19-18-14-10-6-5-9-13(14)17(23)24/h2-10,20H,1H3,(H,23,24). The number of azo groups is 1. The number of hydrogen-bond acceptors (Lipinski definition) is 4. The summed E-state index contributed by atoms with van der Waals surface area (Å²) in [6, 6.07) is 15.3. The Hall–Kier alpha value is -3.48. The van der Waals surface area contributed by atoms with E-state index < -0.39 is 5.97 Å². The molecule has 2 aromatic carbocycles. The van der Waals surface area contributed by atoms with Crippen LogP contribution in [0, 0.1) is 6.92 Å². The van der Waals surface area contributed by atoms with Gasteiger partial charge in [-0.25, -0.2) is 9.48 Å². The number of nitrogens with one attached hydrogen (secondary N) is 1. The number of benzene rings is 2. The molecule has 0 spiro atoms. The summed E-state index contributed by atoms with van der Waals surface area (Å²) in [7, 11) is 0. The van der Waals surface area contributed by atoms with E-state index in [-0.39, 0.29) is 22.5 Å². The van der Waals surface area contributed by atoms with Crippen LogP contribution in [0.4, 0.5) is 11.4 Å². The lowest BCUT2D eigenvalue weighted by molar-refractivity contribution is 0.0698. The number of carboxylic acid groups (broad SMARTS) is 1. The van der Waals surface area contributed by atoms with Crippen LogP contribution in [-0.4, -0.2) is 20.9 Å². The molecule has 7 nitrogen and oxygen atoms in total. The maximum atomic E-state index is 12.5. The van der Waals surface area contributed by atoms with Crippen LogP contribution in [0.25, 0.3) is 5.69 Å². The Morgan fingerprint density at radius 3 is 2.42 bits per heavy atom. The smallest absolute Gasteiger partial charge is 0.337 e. The molecule has 0 aliphatic heterocycles. The third-order valence-corrected chi connectivity index (χ3v) is 3.45. The molecule has 2 N–H and O–H groups in total. The number of carbonyl (C=O) groups is 1. The molecule has 0 radical (unpaired) electrons.